The van der Waals surface area contributed by atoms with Crippen molar-refractivity contribution in [1.82, 2.24) is 0 Å². The van der Waals surface area contributed by atoms with Gasteiger partial charge in [0.2, 0.25) is 0 Å². The van der Waals surface area contributed by atoms with E-state index in [9.17, 15) is 14.4 Å². The van der Waals surface area contributed by atoms with Crippen molar-refractivity contribution in [3.63, 3.8) is 0 Å². The fourth-order valence-electron chi connectivity index (χ4n) is 3.12. The molecule has 0 radical (unpaired) electrons. The molecule has 0 N–H and O–H groups in total. The predicted octanol–water partition coefficient (Wildman–Crippen LogP) is 4.96. The van der Waals surface area contributed by atoms with E-state index in [0.29, 0.717) is 30.3 Å². The van der Waals surface area contributed by atoms with Gasteiger partial charge in [0.1, 0.15) is 23.0 Å². The average molecular weight is 517 g/mol. The minimum absolute atomic E-state index is 0.0741. The van der Waals surface area contributed by atoms with Crippen LogP contribution < -0.4 is 18.9 Å². The lowest BCUT2D eigenvalue weighted by Crippen LogP contribution is -2.11. The molecule has 3 rings (SSSR count). The highest BCUT2D eigenvalue weighted by atomic mass is 16.5. The van der Waals surface area contributed by atoms with Crippen molar-refractivity contribution in [3.05, 3.63) is 103 Å². The molecule has 0 bridgehead atoms. The van der Waals surface area contributed by atoms with E-state index in [1.807, 2.05) is 12.1 Å². The number of ether oxygens (including phenoxy) is 5. The molecule has 3 aromatic carbocycles. The Kier molecular flexibility index (Phi) is 10.7. The molecule has 0 unspecified atom stereocenters. The van der Waals surface area contributed by atoms with Crippen molar-refractivity contribution in [2.45, 2.75) is 12.8 Å². The van der Waals surface area contributed by atoms with E-state index in [2.05, 4.69) is 6.58 Å². The van der Waals surface area contributed by atoms with Crippen LogP contribution >= 0.6 is 0 Å². The number of carbonyl (C=O) groups excluding carboxylic acids is 3. The highest BCUT2D eigenvalue weighted by Crippen LogP contribution is 2.19. The van der Waals surface area contributed by atoms with Gasteiger partial charge in [0.25, 0.3) is 0 Å². The zero-order valence-electron chi connectivity index (χ0n) is 21.0. The molecule has 0 saturated heterocycles. The standard InChI is InChI=1S/C30H28O8/c1-3-28(31)36-20-4-19-35-25-12-7-23(8-13-25)21-30(33)38-27-16-14-26(15-17-27)37-29(32)18-9-22-5-10-24(34-2)11-6-22/h3,5-18H,1,4,19-21H2,2H3/b18-9+. The van der Waals surface area contributed by atoms with E-state index in [1.54, 1.807) is 73.8 Å². The molecule has 0 aliphatic rings. The van der Waals surface area contributed by atoms with Crippen LogP contribution in [0.15, 0.2) is 91.5 Å². The Labute approximate surface area is 221 Å². The van der Waals surface area contributed by atoms with Crippen LogP contribution in [0.5, 0.6) is 23.0 Å². The fourth-order valence-corrected chi connectivity index (χ4v) is 3.12. The molecule has 0 amide bonds. The largest absolute Gasteiger partial charge is 0.497 e. The lowest BCUT2D eigenvalue weighted by atomic mass is 10.1. The molecule has 8 heteroatoms. The third-order valence-corrected chi connectivity index (χ3v) is 5.04. The molecule has 0 heterocycles. The van der Waals surface area contributed by atoms with Crippen molar-refractivity contribution in [1.29, 1.82) is 0 Å². The highest BCUT2D eigenvalue weighted by Gasteiger charge is 2.08. The van der Waals surface area contributed by atoms with Gasteiger partial charge in [-0.1, -0.05) is 30.8 Å². The second-order valence-corrected chi connectivity index (χ2v) is 7.87. The van der Waals surface area contributed by atoms with E-state index >= 15 is 0 Å². The summed E-state index contributed by atoms with van der Waals surface area (Å²) in [5, 5.41) is 0. The summed E-state index contributed by atoms with van der Waals surface area (Å²) >= 11 is 0. The molecule has 0 aliphatic carbocycles. The van der Waals surface area contributed by atoms with E-state index in [1.165, 1.54) is 6.08 Å². The van der Waals surface area contributed by atoms with E-state index in [-0.39, 0.29) is 13.0 Å². The van der Waals surface area contributed by atoms with Crippen molar-refractivity contribution in [2.24, 2.45) is 0 Å². The summed E-state index contributed by atoms with van der Waals surface area (Å²) in [5.41, 5.74) is 1.59. The number of methoxy groups -OCH3 is 1. The Morgan fingerprint density at radius 2 is 1.34 bits per heavy atom. The number of carbonyl (C=O) groups is 3. The van der Waals surface area contributed by atoms with Gasteiger partial charge in [0.15, 0.2) is 0 Å². The summed E-state index contributed by atoms with van der Waals surface area (Å²) in [7, 11) is 1.59. The molecule has 3 aromatic rings. The Morgan fingerprint density at radius 3 is 1.97 bits per heavy atom. The lowest BCUT2D eigenvalue weighted by Gasteiger charge is -2.08. The maximum atomic E-state index is 12.3. The number of esters is 3. The zero-order valence-corrected chi connectivity index (χ0v) is 21.0. The zero-order chi connectivity index (χ0) is 27.2. The van der Waals surface area contributed by atoms with Crippen molar-refractivity contribution in [2.75, 3.05) is 20.3 Å². The maximum absolute atomic E-state index is 12.3. The smallest absolute Gasteiger partial charge is 0.336 e. The van der Waals surface area contributed by atoms with Gasteiger partial charge >= 0.3 is 17.9 Å². The maximum Gasteiger partial charge on any atom is 0.336 e. The van der Waals surface area contributed by atoms with Crippen LogP contribution in [-0.2, 0) is 25.5 Å². The topological polar surface area (TPSA) is 97.4 Å². The van der Waals surface area contributed by atoms with Crippen molar-refractivity contribution < 1.29 is 38.1 Å². The summed E-state index contributed by atoms with van der Waals surface area (Å²) in [6.07, 6.45) is 4.70. The lowest BCUT2D eigenvalue weighted by molar-refractivity contribution is -0.138. The third-order valence-electron chi connectivity index (χ3n) is 5.04. The normalized spacial score (nSPS) is 10.4. The number of benzene rings is 3. The molecule has 0 aromatic heterocycles. The molecule has 0 aliphatic heterocycles. The highest BCUT2D eigenvalue weighted by molar-refractivity contribution is 5.88. The molecular formula is C30H28O8. The summed E-state index contributed by atoms with van der Waals surface area (Å²) in [6, 6.07) is 20.5. The van der Waals surface area contributed by atoms with E-state index in [4.69, 9.17) is 23.7 Å². The van der Waals surface area contributed by atoms with Gasteiger partial charge in [-0.25, -0.2) is 9.59 Å². The molecule has 196 valence electrons. The van der Waals surface area contributed by atoms with Crippen LogP contribution in [0.2, 0.25) is 0 Å². The molecule has 0 spiro atoms. The molecule has 0 fully saturated rings. The predicted molar refractivity (Wildman–Crippen MR) is 141 cm³/mol. The van der Waals surface area contributed by atoms with Crippen molar-refractivity contribution >= 4 is 24.0 Å². The number of hydrogen-bond donors (Lipinski definition) is 0. The Morgan fingerprint density at radius 1 is 0.737 bits per heavy atom. The minimum Gasteiger partial charge on any atom is -0.497 e. The average Bonchev–Trinajstić information content (AvgIpc) is 2.93. The van der Waals surface area contributed by atoms with Crippen molar-refractivity contribution in [3.8, 4) is 23.0 Å². The summed E-state index contributed by atoms with van der Waals surface area (Å²) in [5.74, 6) is 0.594. The third kappa shape index (κ3) is 9.66. The first-order valence-corrected chi connectivity index (χ1v) is 11.8. The summed E-state index contributed by atoms with van der Waals surface area (Å²) in [6.45, 7) is 3.96. The van der Waals surface area contributed by atoms with Crippen LogP contribution in [0, 0.1) is 0 Å². The van der Waals surface area contributed by atoms with Gasteiger partial charge in [-0.2, -0.15) is 0 Å². The van der Waals surface area contributed by atoms with E-state index < -0.39 is 17.9 Å². The first-order valence-electron chi connectivity index (χ1n) is 11.8. The van der Waals surface area contributed by atoms with E-state index in [0.717, 1.165) is 23.0 Å². The van der Waals surface area contributed by atoms with Gasteiger partial charge in [-0.05, 0) is 65.7 Å². The van der Waals surface area contributed by atoms with Gasteiger partial charge in [-0.3, -0.25) is 4.79 Å². The second kappa shape index (κ2) is 14.6. The van der Waals surface area contributed by atoms with Crippen LogP contribution in [0.25, 0.3) is 6.08 Å². The van der Waals surface area contributed by atoms with Crippen LogP contribution in [-0.4, -0.2) is 38.2 Å². The first-order chi connectivity index (χ1) is 18.4. The first kappa shape index (κ1) is 27.7. The quantitative estimate of drug-likeness (QED) is 0.136. The summed E-state index contributed by atoms with van der Waals surface area (Å²) < 4.78 is 26.2. The Balaban J connectivity index is 1.40. The fraction of sp³-hybridized carbons (Fsp3) is 0.167. The monoisotopic (exact) mass is 516 g/mol. The molecule has 38 heavy (non-hydrogen) atoms. The van der Waals surface area contributed by atoms with Crippen LogP contribution in [0.1, 0.15) is 17.5 Å². The molecule has 0 atom stereocenters. The van der Waals surface area contributed by atoms with Gasteiger partial charge < -0.3 is 23.7 Å². The Bertz CT molecular complexity index is 1240. The van der Waals surface area contributed by atoms with Gasteiger partial charge in [-0.15, -0.1) is 0 Å². The van der Waals surface area contributed by atoms with Gasteiger partial charge in [0.05, 0.1) is 26.7 Å². The van der Waals surface area contributed by atoms with Crippen LogP contribution in [0.4, 0.5) is 0 Å². The molecule has 8 nitrogen and oxygen atoms in total. The summed E-state index contributed by atoms with van der Waals surface area (Å²) in [4.78, 5) is 35.4. The van der Waals surface area contributed by atoms with Crippen LogP contribution in [0.3, 0.4) is 0 Å². The van der Waals surface area contributed by atoms with Gasteiger partial charge in [0, 0.05) is 18.6 Å². The molecule has 0 saturated carbocycles. The number of hydrogen-bond acceptors (Lipinski definition) is 8. The Hall–Kier alpha value is -4.85. The number of rotatable bonds is 13. The second-order valence-electron chi connectivity index (χ2n) is 7.87. The molecular weight excluding hydrogens is 488 g/mol. The minimum atomic E-state index is -0.533. The SMILES string of the molecule is C=CC(=O)OCCCOc1ccc(CC(=O)Oc2ccc(OC(=O)/C=C/c3ccc(OC)cc3)cc2)cc1.